The van der Waals surface area contributed by atoms with Crippen LogP contribution in [0.2, 0.25) is 5.02 Å². The summed E-state index contributed by atoms with van der Waals surface area (Å²) < 4.78 is 5.19. The lowest BCUT2D eigenvalue weighted by molar-refractivity contribution is 0.0927. The number of nitrogens with one attached hydrogen (secondary N) is 1. The topological polar surface area (TPSA) is 71.3 Å². The maximum Gasteiger partial charge on any atom is 0.253 e. The minimum Gasteiger partial charge on any atom is -0.372 e. The molecular weight excluding hydrogens is 340 g/mol. The summed E-state index contributed by atoms with van der Waals surface area (Å²) in [5.74, 6) is 0.732. The van der Waals surface area contributed by atoms with Gasteiger partial charge in [-0.3, -0.25) is 4.79 Å². The monoisotopic (exact) mass is 362 g/mol. The third-order valence-corrected chi connectivity index (χ3v) is 4.80. The number of aryl methyl sites for hydroxylation is 1. The third kappa shape index (κ3) is 4.12. The van der Waals surface area contributed by atoms with Gasteiger partial charge in [0.1, 0.15) is 6.04 Å². The Hall–Kier alpha value is -2.08. The summed E-state index contributed by atoms with van der Waals surface area (Å²) in [6, 6.07) is 5.30. The second-order valence-electron chi connectivity index (χ2n) is 6.33. The van der Waals surface area contributed by atoms with Crippen molar-refractivity contribution in [1.82, 2.24) is 15.5 Å². The first-order valence-corrected chi connectivity index (χ1v) is 9.12. The average Bonchev–Trinajstić information content (AvgIpc) is 3.07. The van der Waals surface area contributed by atoms with Gasteiger partial charge in [-0.2, -0.15) is 4.98 Å². The van der Waals surface area contributed by atoms with Crippen LogP contribution >= 0.6 is 11.6 Å². The Bertz CT molecular complexity index is 740. The van der Waals surface area contributed by atoms with Crippen LogP contribution in [0.5, 0.6) is 0 Å². The predicted octanol–water partition coefficient (Wildman–Crippen LogP) is 3.90. The first-order chi connectivity index (χ1) is 12.1. The quantitative estimate of drug-likeness (QED) is 0.873. The van der Waals surface area contributed by atoms with E-state index in [1.807, 2.05) is 19.1 Å². The van der Waals surface area contributed by atoms with E-state index in [-0.39, 0.29) is 11.9 Å². The average molecular weight is 363 g/mol. The van der Waals surface area contributed by atoms with E-state index >= 15 is 0 Å². The number of hydrogen-bond acceptors (Lipinski definition) is 5. The lowest BCUT2D eigenvalue weighted by Crippen LogP contribution is -2.31. The van der Waals surface area contributed by atoms with Crippen LogP contribution in [0, 0.1) is 6.92 Å². The van der Waals surface area contributed by atoms with Gasteiger partial charge in [-0.25, -0.2) is 0 Å². The first-order valence-electron chi connectivity index (χ1n) is 8.74. The number of piperidine rings is 1. The molecule has 0 spiro atoms. The summed E-state index contributed by atoms with van der Waals surface area (Å²) in [5, 5.41) is 7.17. The number of benzene rings is 1. The number of amides is 1. The number of aromatic nitrogens is 2. The lowest BCUT2D eigenvalue weighted by Gasteiger charge is -2.29. The van der Waals surface area contributed by atoms with Gasteiger partial charge in [0.05, 0.1) is 10.6 Å². The molecule has 0 bridgehead atoms. The molecule has 1 atom stereocenters. The molecule has 1 N–H and O–H groups in total. The van der Waals surface area contributed by atoms with E-state index in [0.717, 1.165) is 18.8 Å². The van der Waals surface area contributed by atoms with E-state index in [9.17, 15) is 4.79 Å². The van der Waals surface area contributed by atoms with Crippen LogP contribution in [0.1, 0.15) is 60.7 Å². The van der Waals surface area contributed by atoms with Crippen molar-refractivity contribution in [1.29, 1.82) is 0 Å². The molecule has 25 heavy (non-hydrogen) atoms. The molecule has 6 nitrogen and oxygen atoms in total. The molecule has 2 heterocycles. The van der Waals surface area contributed by atoms with Crippen molar-refractivity contribution in [2.45, 2.75) is 45.6 Å². The molecule has 2 aromatic rings. The molecule has 0 radical (unpaired) electrons. The van der Waals surface area contributed by atoms with Gasteiger partial charge in [-0.1, -0.05) is 23.7 Å². The zero-order valence-corrected chi connectivity index (χ0v) is 15.3. The Balaban J connectivity index is 1.78. The van der Waals surface area contributed by atoms with Gasteiger partial charge in [0.15, 0.2) is 5.82 Å². The molecule has 0 saturated carbocycles. The second-order valence-corrected chi connectivity index (χ2v) is 6.73. The van der Waals surface area contributed by atoms with Crippen molar-refractivity contribution >= 4 is 23.2 Å². The maximum atomic E-state index is 12.7. The SMILES string of the molecule is CCC(NC(=O)c1cc(N2CCCCC2)ccc1Cl)c1nc(C)no1. The van der Waals surface area contributed by atoms with Gasteiger partial charge in [-0.15, -0.1) is 0 Å². The largest absolute Gasteiger partial charge is 0.372 e. The number of halogens is 1. The number of anilines is 1. The number of rotatable bonds is 5. The summed E-state index contributed by atoms with van der Waals surface area (Å²) in [5.41, 5.74) is 1.51. The van der Waals surface area contributed by atoms with E-state index in [1.54, 1.807) is 13.0 Å². The summed E-state index contributed by atoms with van der Waals surface area (Å²) in [7, 11) is 0. The Labute approximate surface area is 152 Å². The Morgan fingerprint density at radius 2 is 2.12 bits per heavy atom. The second kappa shape index (κ2) is 7.87. The standard InChI is InChI=1S/C18H23ClN4O2/c1-3-16(18-20-12(2)22-25-18)21-17(24)14-11-13(7-8-15(14)19)23-9-5-4-6-10-23/h7-8,11,16H,3-6,9-10H2,1-2H3,(H,21,24). The number of nitrogens with zero attached hydrogens (tertiary/aromatic N) is 3. The summed E-state index contributed by atoms with van der Waals surface area (Å²) in [6.45, 7) is 5.74. The Morgan fingerprint density at radius 3 is 2.76 bits per heavy atom. The summed E-state index contributed by atoms with van der Waals surface area (Å²) in [6.07, 6.45) is 4.27. The molecule has 1 unspecified atom stereocenters. The fraction of sp³-hybridized carbons (Fsp3) is 0.500. The third-order valence-electron chi connectivity index (χ3n) is 4.47. The highest BCUT2D eigenvalue weighted by Crippen LogP contribution is 2.26. The van der Waals surface area contributed by atoms with Crippen LogP contribution in [0.25, 0.3) is 0 Å². The van der Waals surface area contributed by atoms with Crippen LogP contribution in [0.4, 0.5) is 5.69 Å². The van der Waals surface area contributed by atoms with Gasteiger partial charge >= 0.3 is 0 Å². The molecule has 1 aromatic heterocycles. The van der Waals surface area contributed by atoms with Crippen LogP contribution in [0.15, 0.2) is 22.7 Å². The van der Waals surface area contributed by atoms with Crippen LogP contribution in [-0.2, 0) is 0 Å². The molecule has 1 fully saturated rings. The van der Waals surface area contributed by atoms with Crippen LogP contribution in [0.3, 0.4) is 0 Å². The highest BCUT2D eigenvalue weighted by atomic mass is 35.5. The van der Waals surface area contributed by atoms with Crippen molar-refractivity contribution in [3.63, 3.8) is 0 Å². The Kier molecular flexibility index (Phi) is 5.58. The normalized spacial score (nSPS) is 15.9. The smallest absolute Gasteiger partial charge is 0.253 e. The number of hydrogen-bond donors (Lipinski definition) is 1. The van der Waals surface area contributed by atoms with Crippen molar-refractivity contribution in [3.05, 3.63) is 40.5 Å². The van der Waals surface area contributed by atoms with Crippen molar-refractivity contribution < 1.29 is 9.32 Å². The molecule has 0 aliphatic carbocycles. The fourth-order valence-electron chi connectivity index (χ4n) is 3.07. The van der Waals surface area contributed by atoms with Crippen LogP contribution in [-0.4, -0.2) is 29.1 Å². The first kappa shape index (κ1) is 17.7. The molecule has 1 amide bonds. The summed E-state index contributed by atoms with van der Waals surface area (Å²) >= 11 is 6.28. The summed E-state index contributed by atoms with van der Waals surface area (Å²) in [4.78, 5) is 19.3. The maximum absolute atomic E-state index is 12.7. The highest BCUT2D eigenvalue weighted by Gasteiger charge is 2.22. The molecule has 1 aliphatic heterocycles. The predicted molar refractivity (Wildman–Crippen MR) is 97.0 cm³/mol. The van der Waals surface area contributed by atoms with Gasteiger partial charge in [0.25, 0.3) is 5.91 Å². The zero-order chi connectivity index (χ0) is 17.8. The number of carbonyl (C=O) groups excluding carboxylic acids is 1. The Morgan fingerprint density at radius 1 is 1.36 bits per heavy atom. The van der Waals surface area contributed by atoms with Gasteiger partial charge < -0.3 is 14.7 Å². The van der Waals surface area contributed by atoms with Gasteiger partial charge in [0, 0.05) is 18.8 Å². The molecule has 1 saturated heterocycles. The van der Waals surface area contributed by atoms with E-state index in [1.165, 1.54) is 19.3 Å². The minimum atomic E-state index is -0.330. The van der Waals surface area contributed by atoms with Crippen LogP contribution < -0.4 is 10.2 Å². The number of carbonyl (C=O) groups is 1. The molecule has 1 aliphatic rings. The van der Waals surface area contributed by atoms with Crippen molar-refractivity contribution in [3.8, 4) is 0 Å². The highest BCUT2D eigenvalue weighted by molar-refractivity contribution is 6.34. The fourth-order valence-corrected chi connectivity index (χ4v) is 3.27. The van der Waals surface area contributed by atoms with Gasteiger partial charge in [0.2, 0.25) is 5.89 Å². The van der Waals surface area contributed by atoms with Gasteiger partial charge in [-0.05, 0) is 50.8 Å². The molecule has 1 aromatic carbocycles. The van der Waals surface area contributed by atoms with E-state index < -0.39 is 0 Å². The molecule has 134 valence electrons. The van der Waals surface area contributed by atoms with Crippen molar-refractivity contribution in [2.75, 3.05) is 18.0 Å². The van der Waals surface area contributed by atoms with E-state index in [4.69, 9.17) is 16.1 Å². The van der Waals surface area contributed by atoms with Crippen molar-refractivity contribution in [2.24, 2.45) is 0 Å². The lowest BCUT2D eigenvalue weighted by atomic mass is 10.1. The van der Waals surface area contributed by atoms with E-state index in [0.29, 0.717) is 28.7 Å². The molecule has 7 heteroatoms. The molecule has 3 rings (SSSR count). The van der Waals surface area contributed by atoms with E-state index in [2.05, 4.69) is 20.4 Å². The zero-order valence-electron chi connectivity index (χ0n) is 14.6. The molecular formula is C18H23ClN4O2. The minimum absolute atomic E-state index is 0.230.